The van der Waals surface area contributed by atoms with Gasteiger partial charge in [-0.1, -0.05) is 55.4 Å². The minimum absolute atomic E-state index is 0.0429. The van der Waals surface area contributed by atoms with Gasteiger partial charge in [-0.15, -0.1) is 0 Å². The molecule has 6 aliphatic rings. The molecule has 60 heavy (non-hydrogen) atoms. The number of likely N-dealkylation sites (tertiary alicyclic amines) is 4. The number of piperazine rings is 2. The lowest BCUT2D eigenvalue weighted by Gasteiger charge is -2.45. The molecule has 13 heteroatoms. The van der Waals surface area contributed by atoms with E-state index in [1.54, 1.807) is 0 Å². The molecular formula is C47H95F3N8O2. The van der Waals surface area contributed by atoms with Crippen LogP contribution in [-0.4, -0.2) is 223 Å². The van der Waals surface area contributed by atoms with E-state index in [1.165, 1.54) is 103 Å². The summed E-state index contributed by atoms with van der Waals surface area (Å²) in [6.07, 6.45) is 1.98. The zero-order valence-corrected chi connectivity index (χ0v) is 40.6. The molecule has 1 atom stereocenters. The Morgan fingerprint density at radius 2 is 0.767 bits per heavy atom. The summed E-state index contributed by atoms with van der Waals surface area (Å²) in [6.45, 7) is 45.3. The number of β-amino-alcohol motifs (C(OH)–C–C–N with tert-alkyl or cyclic N) is 2. The standard InChI is InChI=1S/C13H26N2O.C12H24N2O.C12H26N2.C10H19F3N2/c1-11(2)9-14-6-3-12(4-7-14)15-8-5-13(16)10-15;1-10(2)7-13-5-3-11(4-6-13)14-8-12(15)9-14;1-11(2)10-13-6-8-14(9-7-13)12(3,4)5;1-9(2)7-14-3-5-15(6-4-14)8-10(11,12)13/h11-13,16H,3-10H2,1-2H3;10-12,15H,3-9H2,1-2H3;11H,6-10H2,1-5H3;9H,3-8H2,1-2H3. The Kier molecular flexibility index (Phi) is 23.6. The van der Waals surface area contributed by atoms with Gasteiger partial charge in [0.05, 0.1) is 18.8 Å². The molecule has 6 heterocycles. The maximum atomic E-state index is 12.1. The highest BCUT2D eigenvalue weighted by Gasteiger charge is 2.34. The van der Waals surface area contributed by atoms with Crippen molar-refractivity contribution in [2.24, 2.45) is 23.7 Å². The van der Waals surface area contributed by atoms with Gasteiger partial charge in [-0.25, -0.2) is 0 Å². The molecule has 6 saturated heterocycles. The SMILES string of the molecule is CC(C)CN1CCC(N2CC(O)C2)CC1.CC(C)CN1CCC(N2CCC(O)C2)CC1.CC(C)CN1CCN(C(C)(C)C)CC1.CC(C)CN1CCN(CC(F)(F)F)CC1. The molecule has 6 aliphatic heterocycles. The fourth-order valence-corrected chi connectivity index (χ4v) is 9.87. The topological polar surface area (TPSA) is 66.4 Å². The van der Waals surface area contributed by atoms with Crippen LogP contribution < -0.4 is 0 Å². The van der Waals surface area contributed by atoms with E-state index in [9.17, 15) is 23.4 Å². The summed E-state index contributed by atoms with van der Waals surface area (Å²) < 4.78 is 36.3. The van der Waals surface area contributed by atoms with Gasteiger partial charge in [-0.05, 0) is 103 Å². The molecule has 0 aromatic carbocycles. The van der Waals surface area contributed by atoms with E-state index in [1.807, 2.05) is 0 Å². The van der Waals surface area contributed by atoms with E-state index in [0.717, 1.165) is 82.1 Å². The second-order valence-electron chi connectivity index (χ2n) is 21.8. The summed E-state index contributed by atoms with van der Waals surface area (Å²) in [5, 5.41) is 18.8. The Hall–Kier alpha value is -0.610. The number of rotatable bonds is 11. The Balaban J connectivity index is 0.000000214. The fraction of sp³-hybridized carbons (Fsp3) is 1.00. The first-order valence-corrected chi connectivity index (χ1v) is 24.3. The van der Waals surface area contributed by atoms with Crippen molar-refractivity contribution in [3.63, 3.8) is 0 Å². The largest absolute Gasteiger partial charge is 0.401 e. The van der Waals surface area contributed by atoms with Crippen molar-refractivity contribution in [2.75, 3.05) is 137 Å². The monoisotopic (exact) mass is 861 g/mol. The first-order valence-electron chi connectivity index (χ1n) is 24.3. The first-order chi connectivity index (χ1) is 28.1. The number of aliphatic hydroxyl groups is 2. The molecule has 0 radical (unpaired) electrons. The maximum absolute atomic E-state index is 12.1. The lowest BCUT2D eigenvalue weighted by atomic mass is 9.98. The molecule has 0 spiro atoms. The molecular weight excluding hydrogens is 766 g/mol. The number of aliphatic hydroxyl groups excluding tert-OH is 2. The zero-order chi connectivity index (χ0) is 44.6. The summed E-state index contributed by atoms with van der Waals surface area (Å²) in [5.41, 5.74) is 0.351. The van der Waals surface area contributed by atoms with Gasteiger partial charge >= 0.3 is 6.18 Å². The predicted octanol–water partition coefficient (Wildman–Crippen LogP) is 5.84. The van der Waals surface area contributed by atoms with Crippen LogP contribution in [0.2, 0.25) is 0 Å². The van der Waals surface area contributed by atoms with E-state index in [4.69, 9.17) is 0 Å². The van der Waals surface area contributed by atoms with Crippen LogP contribution in [0.25, 0.3) is 0 Å². The van der Waals surface area contributed by atoms with Crippen LogP contribution in [0.5, 0.6) is 0 Å². The molecule has 6 rings (SSSR count). The van der Waals surface area contributed by atoms with Gasteiger partial charge < -0.3 is 29.8 Å². The Morgan fingerprint density at radius 3 is 1.08 bits per heavy atom. The molecule has 1 unspecified atom stereocenters. The number of nitrogens with zero attached hydrogens (tertiary/aromatic N) is 8. The average Bonchev–Trinajstić information content (AvgIpc) is 3.57. The van der Waals surface area contributed by atoms with E-state index < -0.39 is 12.7 Å². The van der Waals surface area contributed by atoms with E-state index in [2.05, 4.69) is 110 Å². The van der Waals surface area contributed by atoms with Gasteiger partial charge in [-0.3, -0.25) is 19.6 Å². The number of piperidine rings is 2. The lowest BCUT2D eigenvalue weighted by molar-refractivity contribution is -0.149. The summed E-state index contributed by atoms with van der Waals surface area (Å²) in [7, 11) is 0. The van der Waals surface area contributed by atoms with Crippen LogP contribution in [0, 0.1) is 23.7 Å². The van der Waals surface area contributed by atoms with Gasteiger partial charge in [0.25, 0.3) is 0 Å². The highest BCUT2D eigenvalue weighted by atomic mass is 19.4. The lowest BCUT2D eigenvalue weighted by Crippen LogP contribution is -2.57. The van der Waals surface area contributed by atoms with Crippen LogP contribution in [0.4, 0.5) is 13.2 Å². The minimum Gasteiger partial charge on any atom is -0.392 e. The van der Waals surface area contributed by atoms with Crippen LogP contribution in [0.15, 0.2) is 0 Å². The third kappa shape index (κ3) is 21.8. The Morgan fingerprint density at radius 1 is 0.433 bits per heavy atom. The quantitative estimate of drug-likeness (QED) is 0.265. The predicted molar refractivity (Wildman–Crippen MR) is 245 cm³/mol. The summed E-state index contributed by atoms with van der Waals surface area (Å²) in [5.74, 6) is 2.95. The van der Waals surface area contributed by atoms with Crippen molar-refractivity contribution < 1.29 is 23.4 Å². The van der Waals surface area contributed by atoms with Crippen molar-refractivity contribution in [1.82, 2.24) is 39.2 Å². The molecule has 0 aliphatic carbocycles. The second kappa shape index (κ2) is 26.4. The number of hydrogen-bond donors (Lipinski definition) is 2. The molecule has 6 fully saturated rings. The fourth-order valence-electron chi connectivity index (χ4n) is 9.87. The molecule has 0 saturated carbocycles. The van der Waals surface area contributed by atoms with Crippen molar-refractivity contribution in [3.8, 4) is 0 Å². The third-order valence-corrected chi connectivity index (χ3v) is 12.9. The average molecular weight is 861 g/mol. The Bertz CT molecular complexity index is 1100. The normalized spacial score (nSPS) is 25.3. The van der Waals surface area contributed by atoms with Gasteiger partial charge in [0.2, 0.25) is 0 Å². The summed E-state index contributed by atoms with van der Waals surface area (Å²) in [4.78, 5) is 19.0. The van der Waals surface area contributed by atoms with Crippen molar-refractivity contribution in [1.29, 1.82) is 0 Å². The first kappa shape index (κ1) is 53.7. The third-order valence-electron chi connectivity index (χ3n) is 12.9. The number of alkyl halides is 3. The van der Waals surface area contributed by atoms with E-state index in [-0.39, 0.29) is 12.2 Å². The molecule has 0 amide bonds. The van der Waals surface area contributed by atoms with Gasteiger partial charge in [-0.2, -0.15) is 13.2 Å². The van der Waals surface area contributed by atoms with Crippen LogP contribution >= 0.6 is 0 Å². The molecule has 2 N–H and O–H groups in total. The van der Waals surface area contributed by atoms with Gasteiger partial charge in [0.15, 0.2) is 0 Å². The maximum Gasteiger partial charge on any atom is 0.401 e. The number of halogens is 3. The van der Waals surface area contributed by atoms with Crippen LogP contribution in [0.3, 0.4) is 0 Å². The summed E-state index contributed by atoms with van der Waals surface area (Å²) >= 11 is 0. The molecule has 0 bridgehead atoms. The second-order valence-corrected chi connectivity index (χ2v) is 21.8. The number of hydrogen-bond acceptors (Lipinski definition) is 10. The zero-order valence-electron chi connectivity index (χ0n) is 40.6. The van der Waals surface area contributed by atoms with E-state index in [0.29, 0.717) is 24.5 Å². The molecule has 10 nitrogen and oxygen atoms in total. The van der Waals surface area contributed by atoms with Gasteiger partial charge in [0, 0.05) is 122 Å². The van der Waals surface area contributed by atoms with Crippen molar-refractivity contribution >= 4 is 0 Å². The van der Waals surface area contributed by atoms with Gasteiger partial charge in [0.1, 0.15) is 0 Å². The molecule has 0 aromatic rings. The highest BCUT2D eigenvalue weighted by Crippen LogP contribution is 2.24. The summed E-state index contributed by atoms with van der Waals surface area (Å²) in [6, 6.07) is 1.48. The highest BCUT2D eigenvalue weighted by molar-refractivity contribution is 4.89. The molecule has 356 valence electrons. The van der Waals surface area contributed by atoms with Crippen LogP contribution in [0.1, 0.15) is 108 Å². The molecule has 0 aromatic heterocycles. The van der Waals surface area contributed by atoms with Crippen LogP contribution in [-0.2, 0) is 0 Å². The van der Waals surface area contributed by atoms with E-state index >= 15 is 0 Å². The van der Waals surface area contributed by atoms with Crippen molar-refractivity contribution in [3.05, 3.63) is 0 Å². The minimum atomic E-state index is -4.06. The Labute approximate surface area is 367 Å². The van der Waals surface area contributed by atoms with Crippen molar-refractivity contribution in [2.45, 2.75) is 144 Å². The smallest absolute Gasteiger partial charge is 0.392 e.